The fraction of sp³-hybridized carbons (Fsp3) is 0.143. The maximum absolute atomic E-state index is 12.2. The molecule has 3 nitrogen and oxygen atoms in total. The summed E-state index contributed by atoms with van der Waals surface area (Å²) in [6, 6.07) is 8.77. The van der Waals surface area contributed by atoms with E-state index >= 15 is 0 Å². The van der Waals surface area contributed by atoms with Gasteiger partial charge in [0.25, 0.3) is 0 Å². The van der Waals surface area contributed by atoms with Gasteiger partial charge in [0.2, 0.25) is 5.91 Å². The molecule has 2 aromatic rings. The van der Waals surface area contributed by atoms with E-state index in [-0.39, 0.29) is 11.2 Å². The summed E-state index contributed by atoms with van der Waals surface area (Å²) in [7, 11) is 0. The van der Waals surface area contributed by atoms with Gasteiger partial charge >= 0.3 is 0 Å². The first-order chi connectivity index (χ1) is 9.97. The van der Waals surface area contributed by atoms with Crippen LogP contribution in [0.1, 0.15) is 6.92 Å². The van der Waals surface area contributed by atoms with Crippen molar-refractivity contribution in [3.8, 4) is 0 Å². The van der Waals surface area contributed by atoms with Crippen LogP contribution in [0.15, 0.2) is 45.9 Å². The Morgan fingerprint density at radius 3 is 2.86 bits per heavy atom. The number of rotatable bonds is 4. The highest BCUT2D eigenvalue weighted by Crippen LogP contribution is 2.33. The molecule has 21 heavy (non-hydrogen) atoms. The molecule has 0 saturated carbocycles. The zero-order valence-electron chi connectivity index (χ0n) is 10.9. The van der Waals surface area contributed by atoms with E-state index in [1.165, 1.54) is 11.8 Å². The summed E-state index contributed by atoms with van der Waals surface area (Å²) in [6.45, 7) is 1.80. The highest BCUT2D eigenvalue weighted by molar-refractivity contribution is 9.10. The average molecular weight is 406 g/mol. The third-order valence-electron chi connectivity index (χ3n) is 2.57. The smallest absolute Gasteiger partial charge is 0.238 e. The minimum absolute atomic E-state index is 0.157. The lowest BCUT2D eigenvalue weighted by Gasteiger charge is -2.13. The molecule has 0 bridgehead atoms. The van der Waals surface area contributed by atoms with E-state index in [0.29, 0.717) is 15.9 Å². The van der Waals surface area contributed by atoms with Crippen molar-refractivity contribution in [2.75, 3.05) is 5.32 Å². The summed E-state index contributed by atoms with van der Waals surface area (Å²) in [5.41, 5.74) is 0. The van der Waals surface area contributed by atoms with Crippen LogP contribution < -0.4 is 5.32 Å². The average Bonchev–Trinajstić information content (AvgIpc) is 2.45. The number of pyridine rings is 1. The van der Waals surface area contributed by atoms with E-state index in [1.807, 2.05) is 6.07 Å². The van der Waals surface area contributed by atoms with E-state index in [4.69, 9.17) is 23.2 Å². The molecule has 0 aliphatic rings. The molecule has 1 atom stereocenters. The van der Waals surface area contributed by atoms with Crippen LogP contribution in [0, 0.1) is 0 Å². The van der Waals surface area contributed by atoms with Gasteiger partial charge in [0.05, 0.1) is 14.7 Å². The molecule has 0 aliphatic carbocycles. The molecule has 0 radical (unpaired) electrons. The molecule has 2 rings (SSSR count). The molecular weight excluding hydrogens is 395 g/mol. The number of nitrogens with zero attached hydrogens (tertiary/aromatic N) is 1. The van der Waals surface area contributed by atoms with Crippen LogP contribution >= 0.6 is 50.9 Å². The van der Waals surface area contributed by atoms with Gasteiger partial charge in [-0.2, -0.15) is 0 Å². The molecule has 0 saturated heterocycles. The quantitative estimate of drug-likeness (QED) is 0.704. The zero-order chi connectivity index (χ0) is 15.4. The maximum Gasteiger partial charge on any atom is 0.238 e. The van der Waals surface area contributed by atoms with Gasteiger partial charge in [-0.1, -0.05) is 23.2 Å². The summed E-state index contributed by atoms with van der Waals surface area (Å²) in [6.07, 6.45) is 1.62. The van der Waals surface area contributed by atoms with Crippen molar-refractivity contribution in [2.45, 2.75) is 17.1 Å². The van der Waals surface area contributed by atoms with Crippen molar-refractivity contribution in [1.82, 2.24) is 4.98 Å². The molecule has 1 aromatic heterocycles. The number of nitrogens with one attached hydrogen (secondary N) is 1. The SMILES string of the molecule is CC(Sc1cc(Cl)ccc1Cl)C(=O)Nc1ncccc1Br. The molecule has 7 heteroatoms. The van der Waals surface area contributed by atoms with Crippen LogP contribution in [-0.4, -0.2) is 16.1 Å². The second kappa shape index (κ2) is 7.49. The Morgan fingerprint density at radius 1 is 1.38 bits per heavy atom. The molecule has 0 spiro atoms. The van der Waals surface area contributed by atoms with Crippen LogP contribution in [0.25, 0.3) is 0 Å². The summed E-state index contributed by atoms with van der Waals surface area (Å²) in [5.74, 6) is 0.336. The Kier molecular flexibility index (Phi) is 5.93. The first-order valence-electron chi connectivity index (χ1n) is 6.00. The van der Waals surface area contributed by atoms with Crippen molar-refractivity contribution >= 4 is 62.6 Å². The van der Waals surface area contributed by atoms with Crippen molar-refractivity contribution in [3.05, 3.63) is 51.0 Å². The van der Waals surface area contributed by atoms with Crippen molar-refractivity contribution in [2.24, 2.45) is 0 Å². The lowest BCUT2D eigenvalue weighted by atomic mass is 10.4. The lowest BCUT2D eigenvalue weighted by molar-refractivity contribution is -0.115. The standard InChI is InChI=1S/C14H11BrCl2N2OS/c1-8(21-12-7-9(16)4-5-11(12)17)14(20)19-13-10(15)3-2-6-18-13/h2-8H,1H3,(H,18,19,20). The fourth-order valence-electron chi connectivity index (χ4n) is 1.51. The minimum atomic E-state index is -0.338. The first-order valence-corrected chi connectivity index (χ1v) is 8.43. The van der Waals surface area contributed by atoms with Gasteiger partial charge in [-0.15, -0.1) is 11.8 Å². The van der Waals surface area contributed by atoms with E-state index in [9.17, 15) is 4.79 Å². The largest absolute Gasteiger partial charge is 0.309 e. The Morgan fingerprint density at radius 2 is 2.14 bits per heavy atom. The van der Waals surface area contributed by atoms with Crippen LogP contribution in [-0.2, 0) is 4.79 Å². The topological polar surface area (TPSA) is 42.0 Å². The highest BCUT2D eigenvalue weighted by Gasteiger charge is 2.17. The molecule has 110 valence electrons. The minimum Gasteiger partial charge on any atom is -0.309 e. The Labute approximate surface area is 145 Å². The van der Waals surface area contributed by atoms with Crippen LogP contribution in [0.2, 0.25) is 10.0 Å². The first kappa shape index (κ1) is 16.6. The number of amides is 1. The third-order valence-corrected chi connectivity index (χ3v) is 5.04. The molecular formula is C14H11BrCl2N2OS. The predicted molar refractivity (Wildman–Crippen MR) is 92.3 cm³/mol. The number of aromatic nitrogens is 1. The summed E-state index contributed by atoms with van der Waals surface area (Å²) >= 11 is 16.7. The van der Waals surface area contributed by atoms with Gasteiger partial charge in [-0.05, 0) is 53.2 Å². The predicted octanol–water partition coefficient (Wildman–Crippen LogP) is 5.27. The van der Waals surface area contributed by atoms with E-state index in [1.54, 1.807) is 37.4 Å². The number of carbonyl (C=O) groups is 1. The van der Waals surface area contributed by atoms with Gasteiger partial charge in [0.1, 0.15) is 5.82 Å². The van der Waals surface area contributed by atoms with E-state index < -0.39 is 0 Å². The number of anilines is 1. The Hall–Kier alpha value is -0.750. The number of hydrogen-bond acceptors (Lipinski definition) is 3. The van der Waals surface area contributed by atoms with Gasteiger partial charge in [0, 0.05) is 16.1 Å². The number of hydrogen-bond donors (Lipinski definition) is 1. The Balaban J connectivity index is 2.06. The van der Waals surface area contributed by atoms with Crippen molar-refractivity contribution in [3.63, 3.8) is 0 Å². The normalized spacial score (nSPS) is 12.0. The number of carbonyl (C=O) groups excluding carboxylic acids is 1. The highest BCUT2D eigenvalue weighted by atomic mass is 79.9. The van der Waals surface area contributed by atoms with Crippen LogP contribution in [0.4, 0.5) is 5.82 Å². The van der Waals surface area contributed by atoms with Crippen molar-refractivity contribution in [1.29, 1.82) is 0 Å². The maximum atomic E-state index is 12.2. The zero-order valence-corrected chi connectivity index (χ0v) is 14.9. The molecule has 1 amide bonds. The fourth-order valence-corrected chi connectivity index (χ4v) is 3.27. The molecule has 1 N–H and O–H groups in total. The van der Waals surface area contributed by atoms with E-state index in [2.05, 4.69) is 26.2 Å². The van der Waals surface area contributed by atoms with Gasteiger partial charge in [-0.25, -0.2) is 4.98 Å². The van der Waals surface area contributed by atoms with Crippen LogP contribution in [0.5, 0.6) is 0 Å². The third kappa shape index (κ3) is 4.61. The summed E-state index contributed by atoms with van der Waals surface area (Å²) < 4.78 is 0.733. The molecule has 0 aliphatic heterocycles. The van der Waals surface area contributed by atoms with Gasteiger partial charge < -0.3 is 5.32 Å². The second-order valence-corrected chi connectivity index (χ2v) is 7.24. The van der Waals surface area contributed by atoms with Crippen molar-refractivity contribution < 1.29 is 4.79 Å². The van der Waals surface area contributed by atoms with Gasteiger partial charge in [-0.3, -0.25) is 4.79 Å². The van der Waals surface area contributed by atoms with Gasteiger partial charge in [0.15, 0.2) is 0 Å². The number of thioether (sulfide) groups is 1. The lowest BCUT2D eigenvalue weighted by Crippen LogP contribution is -2.23. The summed E-state index contributed by atoms with van der Waals surface area (Å²) in [4.78, 5) is 17.1. The van der Waals surface area contributed by atoms with Crippen LogP contribution in [0.3, 0.4) is 0 Å². The monoisotopic (exact) mass is 404 g/mol. The number of halogens is 3. The Bertz CT molecular complexity index is 669. The second-order valence-electron chi connectivity index (χ2n) is 4.16. The molecule has 1 heterocycles. The summed E-state index contributed by atoms with van der Waals surface area (Å²) in [5, 5.41) is 3.59. The number of benzene rings is 1. The molecule has 1 unspecified atom stereocenters. The molecule has 1 aromatic carbocycles. The van der Waals surface area contributed by atoms with E-state index in [0.717, 1.165) is 9.37 Å². The molecule has 0 fully saturated rings.